The molecule has 1 aromatic rings. The zero-order chi connectivity index (χ0) is 11.5. The third-order valence-corrected chi connectivity index (χ3v) is 1.67. The van der Waals surface area contributed by atoms with E-state index >= 15 is 0 Å². The molecule has 0 radical (unpaired) electrons. The van der Waals surface area contributed by atoms with Crippen molar-refractivity contribution in [1.82, 2.24) is 9.97 Å². The fourth-order valence-corrected chi connectivity index (χ4v) is 1.02. The van der Waals surface area contributed by atoms with Gasteiger partial charge in [0.25, 0.3) is 0 Å². The van der Waals surface area contributed by atoms with Gasteiger partial charge in [0.15, 0.2) is 0 Å². The molecule has 7 heteroatoms. The summed E-state index contributed by atoms with van der Waals surface area (Å²) in [4.78, 5) is 17.1. The molecule has 15 heavy (non-hydrogen) atoms. The van der Waals surface area contributed by atoms with E-state index in [1.54, 1.807) is 0 Å². The lowest BCUT2D eigenvalue weighted by Crippen LogP contribution is -2.25. The van der Waals surface area contributed by atoms with Crippen LogP contribution in [0.5, 0.6) is 0 Å². The second-order valence-electron chi connectivity index (χ2n) is 2.80. The van der Waals surface area contributed by atoms with Gasteiger partial charge in [-0.2, -0.15) is 13.2 Å². The largest absolute Gasteiger partial charge is 0.481 e. The van der Waals surface area contributed by atoms with Crippen molar-refractivity contribution < 1.29 is 23.1 Å². The fourth-order valence-electron chi connectivity index (χ4n) is 1.02. The fraction of sp³-hybridized carbons (Fsp3) is 0.375. The van der Waals surface area contributed by atoms with Crippen LogP contribution < -0.4 is 0 Å². The van der Waals surface area contributed by atoms with E-state index in [4.69, 9.17) is 5.11 Å². The second kappa shape index (κ2) is 4.24. The molecule has 82 valence electrons. The van der Waals surface area contributed by atoms with Crippen LogP contribution in [0.3, 0.4) is 0 Å². The number of carboxylic acid groups (broad SMARTS) is 1. The van der Waals surface area contributed by atoms with Crippen molar-refractivity contribution in [3.63, 3.8) is 0 Å². The molecule has 1 aromatic heterocycles. The van der Waals surface area contributed by atoms with Crippen LogP contribution in [0.1, 0.15) is 18.2 Å². The van der Waals surface area contributed by atoms with Crippen molar-refractivity contribution in [1.29, 1.82) is 0 Å². The number of aliphatic carboxylic acids is 1. The van der Waals surface area contributed by atoms with E-state index in [2.05, 4.69) is 9.97 Å². The number of carbonyl (C=O) groups is 1. The molecule has 0 saturated heterocycles. The molecule has 1 N–H and O–H groups in total. The van der Waals surface area contributed by atoms with Crippen LogP contribution in [-0.4, -0.2) is 27.2 Å². The van der Waals surface area contributed by atoms with Crippen molar-refractivity contribution in [2.75, 3.05) is 0 Å². The molecule has 0 bridgehead atoms. The van der Waals surface area contributed by atoms with E-state index in [9.17, 15) is 18.0 Å². The molecule has 1 heterocycles. The summed E-state index contributed by atoms with van der Waals surface area (Å²) in [5.74, 6) is -4.21. The molecule has 0 aliphatic rings. The maximum absolute atomic E-state index is 12.4. The highest BCUT2D eigenvalue weighted by atomic mass is 19.4. The van der Waals surface area contributed by atoms with Crippen molar-refractivity contribution in [2.45, 2.75) is 18.5 Å². The molecule has 0 amide bonds. The monoisotopic (exact) mass is 220 g/mol. The smallest absolute Gasteiger partial charge is 0.399 e. The molecule has 0 aliphatic heterocycles. The number of alkyl halides is 3. The van der Waals surface area contributed by atoms with Crippen LogP contribution in [0.25, 0.3) is 0 Å². The lowest BCUT2D eigenvalue weighted by Gasteiger charge is -2.16. The van der Waals surface area contributed by atoms with Crippen LogP contribution in [0, 0.1) is 0 Å². The van der Waals surface area contributed by atoms with Crippen LogP contribution >= 0.6 is 0 Å². The van der Waals surface area contributed by atoms with Gasteiger partial charge < -0.3 is 5.11 Å². The van der Waals surface area contributed by atoms with Gasteiger partial charge in [0.1, 0.15) is 11.7 Å². The quantitative estimate of drug-likeness (QED) is 0.840. The minimum atomic E-state index is -4.65. The average Bonchev–Trinajstić information content (AvgIpc) is 2.14. The first-order valence-electron chi connectivity index (χ1n) is 3.96. The zero-order valence-electron chi connectivity index (χ0n) is 7.40. The number of nitrogens with zero attached hydrogens (tertiary/aromatic N) is 2. The van der Waals surface area contributed by atoms with Gasteiger partial charge in [0.05, 0.1) is 6.42 Å². The lowest BCUT2D eigenvalue weighted by atomic mass is 10.0. The summed E-state index contributed by atoms with van der Waals surface area (Å²) in [7, 11) is 0. The van der Waals surface area contributed by atoms with Crippen molar-refractivity contribution >= 4 is 5.97 Å². The Morgan fingerprint density at radius 1 is 1.40 bits per heavy atom. The van der Waals surface area contributed by atoms with Gasteiger partial charge in [-0.1, -0.05) is 0 Å². The minimum absolute atomic E-state index is 0.521. The number of aromatic nitrogens is 2. The number of hydrogen-bond acceptors (Lipinski definition) is 3. The SMILES string of the molecule is O=C(O)CC(c1ncccn1)C(F)(F)F. The van der Waals surface area contributed by atoms with E-state index in [0.29, 0.717) is 0 Å². The van der Waals surface area contributed by atoms with Gasteiger partial charge in [0.2, 0.25) is 0 Å². The Labute approximate surface area is 82.8 Å². The number of halogens is 3. The standard InChI is InChI=1S/C8H7F3N2O2/c9-8(10,11)5(4-6(14)15)7-12-2-1-3-13-7/h1-3,5H,4H2,(H,14,15). The van der Waals surface area contributed by atoms with Crippen LogP contribution in [0.2, 0.25) is 0 Å². The summed E-state index contributed by atoms with van der Waals surface area (Å²) >= 11 is 0. The highest BCUT2D eigenvalue weighted by Gasteiger charge is 2.43. The van der Waals surface area contributed by atoms with E-state index < -0.39 is 30.3 Å². The summed E-state index contributed by atoms with van der Waals surface area (Å²) in [5.41, 5.74) is 0. The number of hydrogen-bond donors (Lipinski definition) is 1. The van der Waals surface area contributed by atoms with E-state index in [1.807, 2.05) is 0 Å². The maximum Gasteiger partial charge on any atom is 0.399 e. The summed E-state index contributed by atoms with van der Waals surface area (Å²) in [6.07, 6.45) is -3.43. The molecular formula is C8H7F3N2O2. The first-order valence-corrected chi connectivity index (χ1v) is 3.96. The van der Waals surface area contributed by atoms with Crippen molar-refractivity contribution in [3.05, 3.63) is 24.3 Å². The molecule has 1 unspecified atom stereocenters. The first kappa shape index (κ1) is 11.4. The predicted octanol–water partition coefficient (Wildman–Crippen LogP) is 1.60. The van der Waals surface area contributed by atoms with E-state index in [0.717, 1.165) is 12.4 Å². The molecule has 0 aromatic carbocycles. The first-order chi connectivity index (χ1) is 6.91. The van der Waals surface area contributed by atoms with E-state index in [-0.39, 0.29) is 0 Å². The Morgan fingerprint density at radius 2 is 1.93 bits per heavy atom. The van der Waals surface area contributed by atoms with Crippen LogP contribution in [0.4, 0.5) is 13.2 Å². The lowest BCUT2D eigenvalue weighted by molar-refractivity contribution is -0.164. The number of rotatable bonds is 3. The van der Waals surface area contributed by atoms with Gasteiger partial charge in [-0.15, -0.1) is 0 Å². The number of carboxylic acids is 1. The highest BCUT2D eigenvalue weighted by molar-refractivity contribution is 5.67. The molecule has 4 nitrogen and oxygen atoms in total. The summed E-state index contributed by atoms with van der Waals surface area (Å²) < 4.78 is 37.3. The van der Waals surface area contributed by atoms with Crippen molar-refractivity contribution in [2.24, 2.45) is 0 Å². The van der Waals surface area contributed by atoms with Crippen LogP contribution in [-0.2, 0) is 4.79 Å². The topological polar surface area (TPSA) is 63.1 Å². The molecular weight excluding hydrogens is 213 g/mol. The van der Waals surface area contributed by atoms with Gasteiger partial charge in [-0.05, 0) is 6.07 Å². The predicted molar refractivity (Wildman–Crippen MR) is 43.1 cm³/mol. The highest BCUT2D eigenvalue weighted by Crippen LogP contribution is 2.35. The van der Waals surface area contributed by atoms with E-state index in [1.165, 1.54) is 6.07 Å². The second-order valence-corrected chi connectivity index (χ2v) is 2.80. The summed E-state index contributed by atoms with van der Waals surface area (Å²) in [5, 5.41) is 8.35. The molecule has 0 saturated carbocycles. The van der Waals surface area contributed by atoms with Gasteiger partial charge in [-0.25, -0.2) is 9.97 Å². The molecule has 0 fully saturated rings. The zero-order valence-corrected chi connectivity index (χ0v) is 7.40. The van der Waals surface area contributed by atoms with Crippen LogP contribution in [0.15, 0.2) is 18.5 Å². The average molecular weight is 220 g/mol. The minimum Gasteiger partial charge on any atom is -0.481 e. The van der Waals surface area contributed by atoms with Crippen molar-refractivity contribution in [3.8, 4) is 0 Å². The Morgan fingerprint density at radius 3 is 2.33 bits per heavy atom. The molecule has 1 rings (SSSR count). The van der Waals surface area contributed by atoms with Gasteiger partial charge >= 0.3 is 12.1 Å². The van der Waals surface area contributed by atoms with Gasteiger partial charge in [-0.3, -0.25) is 4.79 Å². The maximum atomic E-state index is 12.4. The Bertz CT molecular complexity index is 339. The molecule has 1 atom stereocenters. The normalized spacial score (nSPS) is 13.5. The Hall–Kier alpha value is -1.66. The third kappa shape index (κ3) is 3.19. The molecule has 0 spiro atoms. The third-order valence-electron chi connectivity index (χ3n) is 1.67. The summed E-state index contributed by atoms with van der Waals surface area (Å²) in [6.45, 7) is 0. The molecule has 0 aliphatic carbocycles. The Kier molecular flexibility index (Phi) is 3.23. The van der Waals surface area contributed by atoms with Gasteiger partial charge in [0, 0.05) is 12.4 Å². The summed E-state index contributed by atoms with van der Waals surface area (Å²) in [6, 6.07) is 1.36. The Balaban J connectivity index is 2.97.